The number of carbonyl (C=O) groups is 3. The normalized spacial score (nSPS) is 13.5. The van der Waals surface area contributed by atoms with Crippen molar-refractivity contribution in [2.24, 2.45) is 0 Å². The molecule has 3 amide bonds. The summed E-state index contributed by atoms with van der Waals surface area (Å²) >= 11 is 0. The van der Waals surface area contributed by atoms with E-state index in [9.17, 15) is 23.2 Å². The summed E-state index contributed by atoms with van der Waals surface area (Å²) in [5.41, 5.74) is 2.19. The SMILES string of the molecule is Cc1ccc(C(=O)N2CCN(C(=O)c3ccc(C)c(NC(=O)c4ccccc4F)c3)CC2)cc1F. The number of benzene rings is 3. The summed E-state index contributed by atoms with van der Waals surface area (Å²) < 4.78 is 27.8. The van der Waals surface area contributed by atoms with Gasteiger partial charge in [0.25, 0.3) is 17.7 Å². The second-order valence-corrected chi connectivity index (χ2v) is 8.51. The third-order valence-electron chi connectivity index (χ3n) is 6.12. The van der Waals surface area contributed by atoms with Crippen LogP contribution in [0.3, 0.4) is 0 Å². The van der Waals surface area contributed by atoms with Gasteiger partial charge in [0.05, 0.1) is 5.56 Å². The number of carbonyl (C=O) groups excluding carboxylic acids is 3. The summed E-state index contributed by atoms with van der Waals surface area (Å²) in [5.74, 6) is -2.17. The highest BCUT2D eigenvalue weighted by Gasteiger charge is 2.26. The predicted molar refractivity (Wildman–Crippen MR) is 128 cm³/mol. The zero-order valence-electron chi connectivity index (χ0n) is 19.5. The molecule has 180 valence electrons. The van der Waals surface area contributed by atoms with Crippen LogP contribution in [0, 0.1) is 25.5 Å². The van der Waals surface area contributed by atoms with Gasteiger partial charge in [-0.25, -0.2) is 8.78 Å². The maximum absolute atomic E-state index is 14.0. The molecule has 3 aromatic carbocycles. The molecular formula is C27H25F2N3O3. The molecule has 0 aliphatic carbocycles. The van der Waals surface area contributed by atoms with Gasteiger partial charge in [0, 0.05) is 43.0 Å². The van der Waals surface area contributed by atoms with Crippen LogP contribution in [-0.2, 0) is 0 Å². The Bertz CT molecular complexity index is 1300. The van der Waals surface area contributed by atoms with Crippen LogP contribution in [-0.4, -0.2) is 53.7 Å². The maximum Gasteiger partial charge on any atom is 0.258 e. The van der Waals surface area contributed by atoms with E-state index in [1.165, 1.54) is 24.3 Å². The van der Waals surface area contributed by atoms with Crippen LogP contribution >= 0.6 is 0 Å². The molecule has 0 saturated carbocycles. The first kappa shape index (κ1) is 24.1. The Morgan fingerprint density at radius 3 is 1.83 bits per heavy atom. The van der Waals surface area contributed by atoms with E-state index in [0.717, 1.165) is 5.56 Å². The van der Waals surface area contributed by atoms with Gasteiger partial charge < -0.3 is 15.1 Å². The minimum atomic E-state index is -0.629. The van der Waals surface area contributed by atoms with Gasteiger partial charge in [-0.2, -0.15) is 0 Å². The Kier molecular flexibility index (Phi) is 6.91. The summed E-state index contributed by atoms with van der Waals surface area (Å²) in [5, 5.41) is 2.68. The summed E-state index contributed by atoms with van der Waals surface area (Å²) in [7, 11) is 0. The molecule has 0 spiro atoms. The molecule has 0 radical (unpaired) electrons. The lowest BCUT2D eigenvalue weighted by atomic mass is 10.1. The zero-order chi connectivity index (χ0) is 25.1. The summed E-state index contributed by atoms with van der Waals surface area (Å²) in [4.78, 5) is 41.6. The van der Waals surface area contributed by atoms with Crippen LogP contribution in [0.4, 0.5) is 14.5 Å². The fourth-order valence-corrected chi connectivity index (χ4v) is 3.93. The van der Waals surface area contributed by atoms with Crippen molar-refractivity contribution < 1.29 is 23.2 Å². The molecular weight excluding hydrogens is 452 g/mol. The van der Waals surface area contributed by atoms with Crippen molar-refractivity contribution in [1.82, 2.24) is 9.80 Å². The fourth-order valence-electron chi connectivity index (χ4n) is 3.93. The molecule has 1 N–H and O–H groups in total. The number of rotatable bonds is 4. The van der Waals surface area contributed by atoms with Crippen LogP contribution in [0.1, 0.15) is 42.2 Å². The zero-order valence-corrected chi connectivity index (χ0v) is 19.5. The number of hydrogen-bond donors (Lipinski definition) is 1. The molecule has 3 aromatic rings. The van der Waals surface area contributed by atoms with Crippen molar-refractivity contribution in [2.75, 3.05) is 31.5 Å². The number of piperazine rings is 1. The second-order valence-electron chi connectivity index (χ2n) is 8.51. The van der Waals surface area contributed by atoms with Crippen LogP contribution in [0.25, 0.3) is 0 Å². The number of aryl methyl sites for hydroxylation is 2. The van der Waals surface area contributed by atoms with Gasteiger partial charge in [0.15, 0.2) is 0 Å². The van der Waals surface area contributed by atoms with E-state index < -0.39 is 17.5 Å². The van der Waals surface area contributed by atoms with Crippen molar-refractivity contribution in [3.63, 3.8) is 0 Å². The highest BCUT2D eigenvalue weighted by molar-refractivity contribution is 6.05. The van der Waals surface area contributed by atoms with E-state index in [1.54, 1.807) is 60.0 Å². The molecule has 6 nitrogen and oxygen atoms in total. The monoisotopic (exact) mass is 477 g/mol. The summed E-state index contributed by atoms with van der Waals surface area (Å²) in [6.45, 7) is 4.71. The van der Waals surface area contributed by atoms with Crippen LogP contribution in [0.5, 0.6) is 0 Å². The number of hydrogen-bond acceptors (Lipinski definition) is 3. The average molecular weight is 478 g/mol. The number of nitrogens with zero attached hydrogens (tertiary/aromatic N) is 2. The van der Waals surface area contributed by atoms with Gasteiger partial charge in [-0.3, -0.25) is 14.4 Å². The Balaban J connectivity index is 1.42. The molecule has 1 heterocycles. The van der Waals surface area contributed by atoms with Gasteiger partial charge in [-0.05, 0) is 61.4 Å². The molecule has 35 heavy (non-hydrogen) atoms. The van der Waals surface area contributed by atoms with Gasteiger partial charge in [0.2, 0.25) is 0 Å². The van der Waals surface area contributed by atoms with Crippen LogP contribution < -0.4 is 5.32 Å². The Hall–Kier alpha value is -4.07. The topological polar surface area (TPSA) is 69.7 Å². The maximum atomic E-state index is 14.0. The Morgan fingerprint density at radius 1 is 0.714 bits per heavy atom. The van der Waals surface area contributed by atoms with E-state index in [1.807, 2.05) is 0 Å². The fraction of sp³-hybridized carbons (Fsp3) is 0.222. The quantitative estimate of drug-likeness (QED) is 0.604. The number of nitrogens with one attached hydrogen (secondary N) is 1. The van der Waals surface area contributed by atoms with E-state index in [-0.39, 0.29) is 22.9 Å². The van der Waals surface area contributed by atoms with Crippen molar-refractivity contribution in [2.45, 2.75) is 13.8 Å². The van der Waals surface area contributed by atoms with E-state index >= 15 is 0 Å². The van der Waals surface area contributed by atoms with E-state index in [0.29, 0.717) is 43.0 Å². The van der Waals surface area contributed by atoms with Crippen LogP contribution in [0.15, 0.2) is 60.7 Å². The van der Waals surface area contributed by atoms with Crippen molar-refractivity contribution in [3.05, 3.63) is 100 Å². The number of amides is 3. The first-order chi connectivity index (χ1) is 16.7. The lowest BCUT2D eigenvalue weighted by Crippen LogP contribution is -2.50. The summed E-state index contributed by atoms with van der Waals surface area (Å²) in [6.07, 6.45) is 0. The third-order valence-corrected chi connectivity index (χ3v) is 6.12. The third kappa shape index (κ3) is 5.21. The number of anilines is 1. The Labute approximate surface area is 202 Å². The molecule has 1 fully saturated rings. The molecule has 4 rings (SSSR count). The molecule has 0 unspecified atom stereocenters. The van der Waals surface area contributed by atoms with Gasteiger partial charge >= 0.3 is 0 Å². The Morgan fingerprint density at radius 2 is 1.26 bits per heavy atom. The lowest BCUT2D eigenvalue weighted by molar-refractivity contribution is 0.0535. The van der Waals surface area contributed by atoms with E-state index in [2.05, 4.69) is 5.32 Å². The highest BCUT2D eigenvalue weighted by atomic mass is 19.1. The average Bonchev–Trinajstić information content (AvgIpc) is 2.86. The van der Waals surface area contributed by atoms with Gasteiger partial charge in [-0.1, -0.05) is 24.3 Å². The molecule has 0 aromatic heterocycles. The van der Waals surface area contributed by atoms with Crippen molar-refractivity contribution in [3.8, 4) is 0 Å². The molecule has 0 bridgehead atoms. The largest absolute Gasteiger partial charge is 0.335 e. The first-order valence-electron chi connectivity index (χ1n) is 11.3. The summed E-state index contributed by atoms with van der Waals surface area (Å²) in [6, 6.07) is 15.0. The van der Waals surface area contributed by atoms with Gasteiger partial charge in [0.1, 0.15) is 11.6 Å². The second kappa shape index (κ2) is 10.0. The lowest BCUT2D eigenvalue weighted by Gasteiger charge is -2.35. The predicted octanol–water partition coefficient (Wildman–Crippen LogP) is 4.43. The smallest absolute Gasteiger partial charge is 0.258 e. The molecule has 1 aliphatic heterocycles. The first-order valence-corrected chi connectivity index (χ1v) is 11.3. The minimum Gasteiger partial charge on any atom is -0.335 e. The van der Waals surface area contributed by atoms with E-state index in [4.69, 9.17) is 0 Å². The molecule has 0 atom stereocenters. The minimum absolute atomic E-state index is 0.0853. The number of halogens is 2. The molecule has 1 saturated heterocycles. The van der Waals surface area contributed by atoms with Crippen molar-refractivity contribution >= 4 is 23.4 Å². The standard InChI is InChI=1S/C27H25F2N3O3/c1-17-7-9-19(15-23(17)29)26(34)31-11-13-32(14-12-31)27(35)20-10-8-18(2)24(16-20)30-25(33)21-5-3-4-6-22(21)28/h3-10,15-16H,11-14H2,1-2H3,(H,30,33). The molecule has 8 heteroatoms. The highest BCUT2D eigenvalue weighted by Crippen LogP contribution is 2.21. The van der Waals surface area contributed by atoms with Crippen LogP contribution in [0.2, 0.25) is 0 Å². The van der Waals surface area contributed by atoms with Crippen molar-refractivity contribution in [1.29, 1.82) is 0 Å². The van der Waals surface area contributed by atoms with Gasteiger partial charge in [-0.15, -0.1) is 0 Å². The molecule has 1 aliphatic rings.